The molecule has 1 aliphatic carbocycles. The van der Waals surface area contributed by atoms with E-state index in [1.54, 1.807) is 0 Å². The summed E-state index contributed by atoms with van der Waals surface area (Å²) < 4.78 is 0. The van der Waals surface area contributed by atoms with Crippen molar-refractivity contribution in [3.8, 4) is 0 Å². The molecule has 0 unspecified atom stereocenters. The monoisotopic (exact) mass is 331 g/mol. The molecule has 0 aliphatic heterocycles. The Kier molecular flexibility index (Phi) is 4.55. The fourth-order valence-corrected chi connectivity index (χ4v) is 3.84. The summed E-state index contributed by atoms with van der Waals surface area (Å²) in [5, 5.41) is 6.23. The summed E-state index contributed by atoms with van der Waals surface area (Å²) in [6.07, 6.45) is 7.17. The van der Waals surface area contributed by atoms with Gasteiger partial charge in [-0.15, -0.1) is 0 Å². The summed E-state index contributed by atoms with van der Waals surface area (Å²) in [5.41, 5.74) is 2.53. The fourth-order valence-electron chi connectivity index (χ4n) is 3.84. The number of aromatic nitrogens is 1. The Labute approximate surface area is 149 Å². The molecule has 1 heterocycles. The molecule has 1 aromatic heterocycles. The smallest absolute Gasteiger partial charge is 0.136 e. The lowest BCUT2D eigenvalue weighted by Gasteiger charge is -2.22. The molecule has 3 aromatic rings. The van der Waals surface area contributed by atoms with Crippen molar-refractivity contribution in [2.75, 3.05) is 17.3 Å². The number of hydrogen-bond donors (Lipinski definition) is 1. The molecule has 0 spiro atoms. The summed E-state index contributed by atoms with van der Waals surface area (Å²) in [6, 6.07) is 19.8. The van der Waals surface area contributed by atoms with Crippen LogP contribution in [0.2, 0.25) is 0 Å². The minimum atomic E-state index is 0.615. The van der Waals surface area contributed by atoms with Crippen LogP contribution < -0.4 is 10.2 Å². The first kappa shape index (κ1) is 15.9. The van der Waals surface area contributed by atoms with Crippen LogP contribution in [0.5, 0.6) is 0 Å². The van der Waals surface area contributed by atoms with Crippen LogP contribution >= 0.6 is 0 Å². The first-order chi connectivity index (χ1) is 12.3. The highest BCUT2D eigenvalue weighted by Gasteiger charge is 2.16. The number of fused-ring (bicyclic) bond motifs is 1. The van der Waals surface area contributed by atoms with Gasteiger partial charge in [0.25, 0.3) is 0 Å². The molecule has 4 rings (SSSR count). The number of nitrogens with one attached hydrogen (secondary N) is 1. The summed E-state index contributed by atoms with van der Waals surface area (Å²) in [6.45, 7) is 0.854. The van der Waals surface area contributed by atoms with Crippen LogP contribution in [-0.4, -0.2) is 18.1 Å². The molecule has 2 aromatic carbocycles. The van der Waals surface area contributed by atoms with Crippen molar-refractivity contribution < 1.29 is 0 Å². The van der Waals surface area contributed by atoms with Gasteiger partial charge in [-0.2, -0.15) is 0 Å². The molecule has 0 saturated heterocycles. The van der Waals surface area contributed by atoms with Gasteiger partial charge in [0.2, 0.25) is 0 Å². The summed E-state index contributed by atoms with van der Waals surface area (Å²) in [5.74, 6) is 1.04. The quantitative estimate of drug-likeness (QED) is 0.694. The van der Waals surface area contributed by atoms with Crippen LogP contribution in [0.15, 0.2) is 60.8 Å². The van der Waals surface area contributed by atoms with E-state index in [-0.39, 0.29) is 0 Å². The molecular formula is C22H25N3. The molecule has 0 bridgehead atoms. The number of benzene rings is 2. The van der Waals surface area contributed by atoms with Gasteiger partial charge in [0.1, 0.15) is 5.82 Å². The lowest BCUT2D eigenvalue weighted by molar-refractivity contribution is 0.756. The number of pyridine rings is 1. The molecule has 3 nitrogen and oxygen atoms in total. The van der Waals surface area contributed by atoms with Crippen molar-refractivity contribution in [1.29, 1.82) is 0 Å². The number of rotatable bonds is 5. The average Bonchev–Trinajstić information content (AvgIpc) is 3.15. The van der Waals surface area contributed by atoms with Crippen LogP contribution in [0.25, 0.3) is 10.8 Å². The second-order valence-electron chi connectivity index (χ2n) is 7.00. The SMILES string of the molecule is CN(Cc1ccccc1)c1nccc2c(NC3CCCC3)cccc12. The highest BCUT2D eigenvalue weighted by Crippen LogP contribution is 2.32. The molecule has 1 fully saturated rings. The van der Waals surface area contributed by atoms with Crippen LogP contribution in [0.1, 0.15) is 31.2 Å². The third-order valence-corrected chi connectivity index (χ3v) is 5.12. The third-order valence-electron chi connectivity index (χ3n) is 5.12. The number of hydrogen-bond acceptors (Lipinski definition) is 3. The lowest BCUT2D eigenvalue weighted by Crippen LogP contribution is -2.18. The normalized spacial score (nSPS) is 14.8. The highest BCUT2D eigenvalue weighted by atomic mass is 15.2. The van der Waals surface area contributed by atoms with Crippen molar-refractivity contribution in [1.82, 2.24) is 4.98 Å². The van der Waals surface area contributed by atoms with Crippen LogP contribution in [0.4, 0.5) is 11.5 Å². The average molecular weight is 331 g/mol. The van der Waals surface area contributed by atoms with Gasteiger partial charge < -0.3 is 10.2 Å². The maximum Gasteiger partial charge on any atom is 0.136 e. The van der Waals surface area contributed by atoms with Gasteiger partial charge in [0, 0.05) is 42.3 Å². The standard InChI is InChI=1S/C22H25N3/c1-25(16-17-8-3-2-4-9-17)22-20-12-7-13-21(19(20)14-15-23-22)24-18-10-5-6-11-18/h2-4,7-9,12-15,18,24H,5-6,10-11,16H2,1H3. The molecule has 0 amide bonds. The van der Waals surface area contributed by atoms with Crippen molar-refractivity contribution >= 4 is 22.3 Å². The van der Waals surface area contributed by atoms with E-state index in [1.807, 2.05) is 6.20 Å². The van der Waals surface area contributed by atoms with E-state index in [2.05, 4.69) is 76.8 Å². The van der Waals surface area contributed by atoms with Gasteiger partial charge in [0.15, 0.2) is 0 Å². The lowest BCUT2D eigenvalue weighted by atomic mass is 10.1. The molecule has 1 saturated carbocycles. The van der Waals surface area contributed by atoms with Crippen molar-refractivity contribution in [2.45, 2.75) is 38.3 Å². The Bertz CT molecular complexity index is 838. The first-order valence-corrected chi connectivity index (χ1v) is 9.20. The minimum absolute atomic E-state index is 0.615. The zero-order valence-electron chi connectivity index (χ0n) is 14.8. The zero-order chi connectivity index (χ0) is 17.1. The fraction of sp³-hybridized carbons (Fsp3) is 0.318. The van der Waals surface area contributed by atoms with E-state index in [4.69, 9.17) is 0 Å². The Hall–Kier alpha value is -2.55. The maximum absolute atomic E-state index is 4.67. The Morgan fingerprint density at radius 2 is 1.76 bits per heavy atom. The van der Waals surface area contributed by atoms with Crippen molar-refractivity contribution in [2.24, 2.45) is 0 Å². The first-order valence-electron chi connectivity index (χ1n) is 9.20. The topological polar surface area (TPSA) is 28.2 Å². The molecule has 0 radical (unpaired) electrons. The molecular weight excluding hydrogens is 306 g/mol. The van der Waals surface area contributed by atoms with Gasteiger partial charge in [-0.05, 0) is 30.5 Å². The van der Waals surface area contributed by atoms with E-state index in [9.17, 15) is 0 Å². The summed E-state index contributed by atoms with van der Waals surface area (Å²) >= 11 is 0. The second kappa shape index (κ2) is 7.14. The largest absolute Gasteiger partial charge is 0.382 e. The van der Waals surface area contributed by atoms with Gasteiger partial charge >= 0.3 is 0 Å². The Balaban J connectivity index is 1.65. The van der Waals surface area contributed by atoms with Crippen molar-refractivity contribution in [3.05, 3.63) is 66.4 Å². The third kappa shape index (κ3) is 3.46. The molecule has 128 valence electrons. The summed E-state index contributed by atoms with van der Waals surface area (Å²) in [7, 11) is 2.12. The molecule has 0 atom stereocenters. The van der Waals surface area contributed by atoms with E-state index in [1.165, 1.54) is 47.7 Å². The molecule has 1 aliphatic rings. The number of anilines is 2. The van der Waals surface area contributed by atoms with Gasteiger partial charge in [-0.1, -0.05) is 55.3 Å². The van der Waals surface area contributed by atoms with E-state index in [0.717, 1.165) is 12.4 Å². The predicted molar refractivity (Wildman–Crippen MR) is 106 cm³/mol. The summed E-state index contributed by atoms with van der Waals surface area (Å²) in [4.78, 5) is 6.91. The number of nitrogens with zero attached hydrogens (tertiary/aromatic N) is 2. The van der Waals surface area contributed by atoms with E-state index < -0.39 is 0 Å². The van der Waals surface area contributed by atoms with Crippen LogP contribution in [-0.2, 0) is 6.54 Å². The van der Waals surface area contributed by atoms with Crippen LogP contribution in [0.3, 0.4) is 0 Å². The Morgan fingerprint density at radius 3 is 2.56 bits per heavy atom. The Morgan fingerprint density at radius 1 is 0.960 bits per heavy atom. The minimum Gasteiger partial charge on any atom is -0.382 e. The zero-order valence-corrected chi connectivity index (χ0v) is 14.8. The molecule has 1 N–H and O–H groups in total. The van der Waals surface area contributed by atoms with E-state index >= 15 is 0 Å². The van der Waals surface area contributed by atoms with E-state index in [0.29, 0.717) is 6.04 Å². The maximum atomic E-state index is 4.67. The van der Waals surface area contributed by atoms with Crippen LogP contribution in [0, 0.1) is 0 Å². The predicted octanol–water partition coefficient (Wildman–Crippen LogP) is 5.23. The van der Waals surface area contributed by atoms with Gasteiger partial charge in [0.05, 0.1) is 0 Å². The highest BCUT2D eigenvalue weighted by molar-refractivity contribution is 6.00. The van der Waals surface area contributed by atoms with Crippen molar-refractivity contribution in [3.63, 3.8) is 0 Å². The van der Waals surface area contributed by atoms with Gasteiger partial charge in [-0.25, -0.2) is 4.98 Å². The second-order valence-corrected chi connectivity index (χ2v) is 7.00. The molecule has 25 heavy (non-hydrogen) atoms. The molecule has 3 heteroatoms. The van der Waals surface area contributed by atoms with Gasteiger partial charge in [-0.3, -0.25) is 0 Å².